The second-order valence-corrected chi connectivity index (χ2v) is 6.92. The molecule has 0 N–H and O–H groups in total. The number of hydrogen-bond donors (Lipinski definition) is 0. The number of aromatic nitrogens is 3. The van der Waals surface area contributed by atoms with Gasteiger partial charge in [-0.1, -0.05) is 30.3 Å². The second-order valence-electron chi connectivity index (χ2n) is 6.92. The highest BCUT2D eigenvalue weighted by Gasteiger charge is 2.19. The van der Waals surface area contributed by atoms with Crippen LogP contribution in [0.4, 0.5) is 0 Å². The van der Waals surface area contributed by atoms with Crippen LogP contribution >= 0.6 is 0 Å². The van der Waals surface area contributed by atoms with Gasteiger partial charge in [0.05, 0.1) is 18.9 Å². The zero-order chi connectivity index (χ0) is 18.8. The molecule has 1 amide bonds. The number of morpholine rings is 1. The molecule has 0 radical (unpaired) electrons. The van der Waals surface area contributed by atoms with Crippen molar-refractivity contribution >= 4 is 11.6 Å². The molecule has 140 valence electrons. The van der Waals surface area contributed by atoms with Crippen LogP contribution in [0.5, 0.6) is 0 Å². The van der Waals surface area contributed by atoms with E-state index >= 15 is 0 Å². The van der Waals surface area contributed by atoms with Gasteiger partial charge in [-0.2, -0.15) is 5.10 Å². The summed E-state index contributed by atoms with van der Waals surface area (Å²) in [5, 5.41) is 4.74. The van der Waals surface area contributed by atoms with Crippen molar-refractivity contribution in [3.8, 4) is 11.3 Å². The Morgan fingerprint density at radius 1 is 1.15 bits per heavy atom. The Balaban J connectivity index is 1.58. The van der Waals surface area contributed by atoms with Gasteiger partial charge < -0.3 is 9.64 Å². The highest BCUT2D eigenvalue weighted by Crippen LogP contribution is 2.22. The van der Waals surface area contributed by atoms with E-state index in [9.17, 15) is 4.79 Å². The van der Waals surface area contributed by atoms with Gasteiger partial charge in [-0.15, -0.1) is 0 Å². The molecule has 0 bridgehead atoms. The Hall–Kier alpha value is -2.73. The normalized spacial score (nSPS) is 14.7. The van der Waals surface area contributed by atoms with E-state index in [-0.39, 0.29) is 5.91 Å². The molecule has 6 nitrogen and oxygen atoms in total. The molecule has 0 aliphatic carbocycles. The number of fused-ring (bicyclic) bond motifs is 1. The lowest BCUT2D eigenvalue weighted by Crippen LogP contribution is -2.40. The number of ether oxygens (including phenoxy) is 1. The molecule has 1 fully saturated rings. The summed E-state index contributed by atoms with van der Waals surface area (Å²) < 4.78 is 7.22. The lowest BCUT2D eigenvalue weighted by Gasteiger charge is -2.27. The maximum atomic E-state index is 12.5. The molecule has 1 aliphatic heterocycles. The number of amides is 1. The Kier molecular flexibility index (Phi) is 4.90. The number of nitrogens with zero attached hydrogens (tertiary/aromatic N) is 4. The zero-order valence-corrected chi connectivity index (χ0v) is 15.8. The lowest BCUT2D eigenvalue weighted by atomic mass is 10.1. The first-order valence-corrected chi connectivity index (χ1v) is 9.40. The fraction of sp³-hybridized carbons (Fsp3) is 0.381. The van der Waals surface area contributed by atoms with Crippen LogP contribution in [0, 0.1) is 13.8 Å². The summed E-state index contributed by atoms with van der Waals surface area (Å²) in [5.41, 5.74) is 5.94. The minimum atomic E-state index is 0.183. The average Bonchev–Trinajstić information content (AvgIpc) is 3.13. The van der Waals surface area contributed by atoms with Crippen molar-refractivity contribution in [3.63, 3.8) is 0 Å². The summed E-state index contributed by atoms with van der Waals surface area (Å²) in [6.45, 7) is 6.70. The fourth-order valence-corrected chi connectivity index (χ4v) is 3.64. The number of benzene rings is 1. The summed E-state index contributed by atoms with van der Waals surface area (Å²) in [7, 11) is 0. The lowest BCUT2D eigenvalue weighted by molar-refractivity contribution is -0.135. The Labute approximate surface area is 158 Å². The standard InChI is InChI=1S/C21H24N4O2/c1-15-18(8-9-21(26)24-10-12-27-13-11-24)16(2)25-20(22-15)14-19(23-25)17-6-4-3-5-7-17/h3-7,14H,8-13H2,1-2H3. The predicted octanol–water partition coefficient (Wildman–Crippen LogP) is 2.80. The highest BCUT2D eigenvalue weighted by molar-refractivity contribution is 5.76. The SMILES string of the molecule is Cc1nc2cc(-c3ccccc3)nn2c(C)c1CCC(=O)N1CCOCC1. The summed E-state index contributed by atoms with van der Waals surface area (Å²) in [5.74, 6) is 0.183. The van der Waals surface area contributed by atoms with Crippen LogP contribution in [0.25, 0.3) is 16.9 Å². The van der Waals surface area contributed by atoms with Crippen LogP contribution in [-0.2, 0) is 16.0 Å². The first kappa shape index (κ1) is 17.7. The first-order valence-electron chi connectivity index (χ1n) is 9.40. The van der Waals surface area contributed by atoms with Crippen molar-refractivity contribution in [2.45, 2.75) is 26.7 Å². The molecular weight excluding hydrogens is 340 g/mol. The molecule has 1 aromatic carbocycles. The molecule has 0 spiro atoms. The molecule has 0 unspecified atom stereocenters. The number of hydrogen-bond acceptors (Lipinski definition) is 4. The summed E-state index contributed by atoms with van der Waals surface area (Å²) in [6, 6.07) is 12.1. The minimum absolute atomic E-state index is 0.183. The first-order chi connectivity index (χ1) is 13.1. The molecule has 0 atom stereocenters. The van der Waals surface area contributed by atoms with E-state index < -0.39 is 0 Å². The molecule has 2 aromatic heterocycles. The largest absolute Gasteiger partial charge is 0.378 e. The van der Waals surface area contributed by atoms with Crippen LogP contribution in [0.1, 0.15) is 23.4 Å². The summed E-state index contributed by atoms with van der Waals surface area (Å²) in [6.07, 6.45) is 1.17. The van der Waals surface area contributed by atoms with Crippen molar-refractivity contribution < 1.29 is 9.53 Å². The van der Waals surface area contributed by atoms with Gasteiger partial charge in [-0.3, -0.25) is 4.79 Å². The van der Waals surface area contributed by atoms with Crippen LogP contribution in [0.2, 0.25) is 0 Å². The van der Waals surface area contributed by atoms with E-state index in [0.29, 0.717) is 39.1 Å². The molecule has 0 saturated carbocycles. The topological polar surface area (TPSA) is 59.7 Å². The predicted molar refractivity (Wildman–Crippen MR) is 104 cm³/mol. The Morgan fingerprint density at radius 2 is 1.89 bits per heavy atom. The number of carbonyl (C=O) groups excluding carboxylic acids is 1. The summed E-state index contributed by atoms with van der Waals surface area (Å²) in [4.78, 5) is 19.1. The third kappa shape index (κ3) is 3.57. The summed E-state index contributed by atoms with van der Waals surface area (Å²) >= 11 is 0. The van der Waals surface area contributed by atoms with Crippen LogP contribution in [0.15, 0.2) is 36.4 Å². The average molecular weight is 364 g/mol. The zero-order valence-electron chi connectivity index (χ0n) is 15.8. The van der Waals surface area contributed by atoms with E-state index in [4.69, 9.17) is 14.8 Å². The van der Waals surface area contributed by atoms with Gasteiger partial charge in [0.2, 0.25) is 5.91 Å². The van der Waals surface area contributed by atoms with Crippen LogP contribution < -0.4 is 0 Å². The van der Waals surface area contributed by atoms with E-state index in [1.165, 1.54) is 0 Å². The third-order valence-electron chi connectivity index (χ3n) is 5.19. The van der Waals surface area contributed by atoms with E-state index in [1.807, 2.05) is 52.7 Å². The maximum absolute atomic E-state index is 12.5. The second kappa shape index (κ2) is 7.48. The van der Waals surface area contributed by atoms with E-state index in [1.54, 1.807) is 0 Å². The van der Waals surface area contributed by atoms with Crippen molar-refractivity contribution in [2.24, 2.45) is 0 Å². The van der Waals surface area contributed by atoms with Crippen molar-refractivity contribution in [3.05, 3.63) is 53.3 Å². The Morgan fingerprint density at radius 3 is 2.63 bits per heavy atom. The number of aryl methyl sites for hydroxylation is 2. The van der Waals surface area contributed by atoms with Gasteiger partial charge in [-0.25, -0.2) is 9.50 Å². The number of rotatable bonds is 4. The van der Waals surface area contributed by atoms with Crippen LogP contribution in [0.3, 0.4) is 0 Å². The monoisotopic (exact) mass is 364 g/mol. The molecule has 27 heavy (non-hydrogen) atoms. The minimum Gasteiger partial charge on any atom is -0.378 e. The van der Waals surface area contributed by atoms with E-state index in [2.05, 4.69) is 6.92 Å². The fourth-order valence-electron chi connectivity index (χ4n) is 3.64. The van der Waals surface area contributed by atoms with Gasteiger partial charge in [0.25, 0.3) is 0 Å². The van der Waals surface area contributed by atoms with Crippen molar-refractivity contribution in [1.29, 1.82) is 0 Å². The van der Waals surface area contributed by atoms with Gasteiger partial charge >= 0.3 is 0 Å². The van der Waals surface area contributed by atoms with Gasteiger partial charge in [0, 0.05) is 42.5 Å². The molecule has 3 heterocycles. The molecular formula is C21H24N4O2. The molecule has 1 aliphatic rings. The maximum Gasteiger partial charge on any atom is 0.223 e. The van der Waals surface area contributed by atoms with Gasteiger partial charge in [-0.05, 0) is 25.8 Å². The highest BCUT2D eigenvalue weighted by atomic mass is 16.5. The molecule has 3 aromatic rings. The number of carbonyl (C=O) groups is 1. The molecule has 4 rings (SSSR count). The van der Waals surface area contributed by atoms with Crippen LogP contribution in [-0.4, -0.2) is 51.7 Å². The molecule has 1 saturated heterocycles. The quantitative estimate of drug-likeness (QED) is 0.714. The Bertz CT molecular complexity index is 959. The smallest absolute Gasteiger partial charge is 0.223 e. The molecule has 6 heteroatoms. The van der Waals surface area contributed by atoms with Crippen molar-refractivity contribution in [2.75, 3.05) is 26.3 Å². The van der Waals surface area contributed by atoms with Crippen molar-refractivity contribution in [1.82, 2.24) is 19.5 Å². The van der Waals surface area contributed by atoms with Gasteiger partial charge in [0.1, 0.15) is 0 Å². The van der Waals surface area contributed by atoms with Gasteiger partial charge in [0.15, 0.2) is 5.65 Å². The third-order valence-corrected chi connectivity index (χ3v) is 5.19. The van der Waals surface area contributed by atoms with E-state index in [0.717, 1.165) is 33.9 Å².